The number of ether oxygens (including phenoxy) is 1. The molecule has 0 aliphatic carbocycles. The SMILES string of the molecule is N#CCCN(CCN1CCOCC1)C(=O)/C=C/c1c(F)cccc1F. The van der Waals surface area contributed by atoms with Crippen LogP contribution in [0, 0.1) is 23.0 Å². The molecule has 5 nitrogen and oxygen atoms in total. The zero-order valence-corrected chi connectivity index (χ0v) is 14.0. The smallest absolute Gasteiger partial charge is 0.246 e. The fourth-order valence-corrected chi connectivity index (χ4v) is 2.53. The van der Waals surface area contributed by atoms with Crippen LogP contribution in [0.25, 0.3) is 6.08 Å². The third kappa shape index (κ3) is 5.93. The predicted molar refractivity (Wildman–Crippen MR) is 89.5 cm³/mol. The van der Waals surface area contributed by atoms with Crippen LogP contribution in [0.2, 0.25) is 0 Å². The molecule has 1 aromatic carbocycles. The number of hydrogen-bond acceptors (Lipinski definition) is 4. The van der Waals surface area contributed by atoms with Crippen LogP contribution in [-0.4, -0.2) is 61.6 Å². The van der Waals surface area contributed by atoms with Gasteiger partial charge in [0, 0.05) is 44.4 Å². The molecule has 1 aromatic rings. The molecule has 25 heavy (non-hydrogen) atoms. The predicted octanol–water partition coefficient (Wildman–Crippen LogP) is 2.05. The van der Waals surface area contributed by atoms with Crippen molar-refractivity contribution >= 4 is 12.0 Å². The Bertz CT molecular complexity index is 632. The molecule has 1 aliphatic heterocycles. The van der Waals surface area contributed by atoms with E-state index < -0.39 is 11.6 Å². The Morgan fingerprint density at radius 1 is 1.28 bits per heavy atom. The second kappa shape index (κ2) is 9.87. The summed E-state index contributed by atoms with van der Waals surface area (Å²) >= 11 is 0. The van der Waals surface area contributed by atoms with E-state index in [1.807, 2.05) is 6.07 Å². The van der Waals surface area contributed by atoms with Gasteiger partial charge in [0.2, 0.25) is 5.91 Å². The van der Waals surface area contributed by atoms with Crippen molar-refractivity contribution in [2.24, 2.45) is 0 Å². The summed E-state index contributed by atoms with van der Waals surface area (Å²) in [5.74, 6) is -1.81. The molecule has 1 aliphatic rings. The highest BCUT2D eigenvalue weighted by molar-refractivity contribution is 5.91. The highest BCUT2D eigenvalue weighted by Crippen LogP contribution is 2.14. The van der Waals surface area contributed by atoms with Crippen LogP contribution < -0.4 is 0 Å². The number of carbonyl (C=O) groups excluding carboxylic acids is 1. The van der Waals surface area contributed by atoms with Crippen molar-refractivity contribution in [3.63, 3.8) is 0 Å². The molecule has 0 unspecified atom stereocenters. The van der Waals surface area contributed by atoms with E-state index in [1.54, 1.807) is 0 Å². The lowest BCUT2D eigenvalue weighted by Crippen LogP contribution is -2.43. The van der Waals surface area contributed by atoms with E-state index in [9.17, 15) is 13.6 Å². The first kappa shape index (κ1) is 19.0. The van der Waals surface area contributed by atoms with Crippen LogP contribution in [0.1, 0.15) is 12.0 Å². The van der Waals surface area contributed by atoms with Crippen LogP contribution in [0.4, 0.5) is 8.78 Å². The zero-order valence-electron chi connectivity index (χ0n) is 14.0. The van der Waals surface area contributed by atoms with Gasteiger partial charge < -0.3 is 9.64 Å². The molecule has 0 N–H and O–H groups in total. The van der Waals surface area contributed by atoms with Gasteiger partial charge >= 0.3 is 0 Å². The van der Waals surface area contributed by atoms with E-state index in [0.717, 1.165) is 37.4 Å². The van der Waals surface area contributed by atoms with E-state index in [-0.39, 0.29) is 24.4 Å². The molecule has 134 valence electrons. The molecule has 0 saturated carbocycles. The summed E-state index contributed by atoms with van der Waals surface area (Å²) in [6, 6.07) is 5.56. The summed E-state index contributed by atoms with van der Waals surface area (Å²) in [4.78, 5) is 16.1. The van der Waals surface area contributed by atoms with Crippen molar-refractivity contribution < 1.29 is 18.3 Å². The average Bonchev–Trinajstić information content (AvgIpc) is 2.62. The Kier molecular flexibility index (Phi) is 7.51. The first-order valence-corrected chi connectivity index (χ1v) is 8.20. The molecular weight excluding hydrogens is 328 g/mol. The number of benzene rings is 1. The Morgan fingerprint density at radius 3 is 2.60 bits per heavy atom. The van der Waals surface area contributed by atoms with Gasteiger partial charge in [-0.2, -0.15) is 5.26 Å². The summed E-state index contributed by atoms with van der Waals surface area (Å²) in [5, 5.41) is 8.76. The number of hydrogen-bond donors (Lipinski definition) is 0. The van der Waals surface area contributed by atoms with E-state index in [1.165, 1.54) is 11.0 Å². The summed E-state index contributed by atoms with van der Waals surface area (Å²) in [7, 11) is 0. The van der Waals surface area contributed by atoms with Crippen LogP contribution in [0.5, 0.6) is 0 Å². The van der Waals surface area contributed by atoms with Crippen molar-refractivity contribution in [2.75, 3.05) is 45.9 Å². The molecule has 0 aromatic heterocycles. The van der Waals surface area contributed by atoms with Crippen LogP contribution in [0.3, 0.4) is 0 Å². The molecule has 0 radical (unpaired) electrons. The maximum absolute atomic E-state index is 13.6. The number of nitriles is 1. The average molecular weight is 349 g/mol. The van der Waals surface area contributed by atoms with Gasteiger partial charge in [0.25, 0.3) is 0 Å². The Morgan fingerprint density at radius 2 is 1.96 bits per heavy atom. The lowest BCUT2D eigenvalue weighted by molar-refractivity contribution is -0.126. The first-order chi connectivity index (χ1) is 12.1. The van der Waals surface area contributed by atoms with Crippen molar-refractivity contribution in [1.29, 1.82) is 5.26 Å². The summed E-state index contributed by atoms with van der Waals surface area (Å²) < 4.78 is 32.5. The van der Waals surface area contributed by atoms with Crippen LogP contribution in [0.15, 0.2) is 24.3 Å². The standard InChI is InChI=1S/C18H21F2N3O2/c19-16-3-1-4-17(20)15(16)5-6-18(24)23(8-2-7-21)10-9-22-11-13-25-14-12-22/h1,3-6H,2,8-14H2/b6-5+. The van der Waals surface area contributed by atoms with E-state index in [0.29, 0.717) is 26.3 Å². The number of halogens is 2. The maximum atomic E-state index is 13.6. The molecule has 1 saturated heterocycles. The second-order valence-electron chi connectivity index (χ2n) is 5.66. The van der Waals surface area contributed by atoms with Crippen molar-refractivity contribution in [2.45, 2.75) is 6.42 Å². The van der Waals surface area contributed by atoms with Gasteiger partial charge in [0.1, 0.15) is 11.6 Å². The van der Waals surface area contributed by atoms with E-state index >= 15 is 0 Å². The molecule has 2 rings (SSSR count). The third-order valence-electron chi connectivity index (χ3n) is 3.99. The molecule has 1 fully saturated rings. The Balaban J connectivity index is 1.99. The molecule has 0 bridgehead atoms. The monoisotopic (exact) mass is 349 g/mol. The Hall–Kier alpha value is -2.30. The van der Waals surface area contributed by atoms with Crippen LogP contribution >= 0.6 is 0 Å². The molecule has 7 heteroatoms. The third-order valence-corrected chi connectivity index (χ3v) is 3.99. The van der Waals surface area contributed by atoms with Gasteiger partial charge in [0.05, 0.1) is 25.7 Å². The number of rotatable bonds is 7. The Labute approximate surface area is 146 Å². The summed E-state index contributed by atoms with van der Waals surface area (Å²) in [6.07, 6.45) is 2.50. The number of carbonyl (C=O) groups is 1. The van der Waals surface area contributed by atoms with E-state index in [2.05, 4.69) is 4.90 Å². The quantitative estimate of drug-likeness (QED) is 0.707. The minimum absolute atomic E-state index is 0.205. The highest BCUT2D eigenvalue weighted by atomic mass is 19.1. The van der Waals surface area contributed by atoms with Crippen LogP contribution in [-0.2, 0) is 9.53 Å². The number of nitrogens with zero attached hydrogens (tertiary/aromatic N) is 3. The minimum Gasteiger partial charge on any atom is -0.379 e. The lowest BCUT2D eigenvalue weighted by atomic mass is 10.2. The minimum atomic E-state index is -0.721. The normalized spacial score (nSPS) is 15.2. The fourth-order valence-electron chi connectivity index (χ4n) is 2.53. The molecule has 1 heterocycles. The second-order valence-corrected chi connectivity index (χ2v) is 5.66. The van der Waals surface area contributed by atoms with Gasteiger partial charge in [-0.05, 0) is 18.2 Å². The van der Waals surface area contributed by atoms with Gasteiger partial charge in [-0.1, -0.05) is 6.07 Å². The number of morpholine rings is 1. The van der Waals surface area contributed by atoms with E-state index in [4.69, 9.17) is 10.00 Å². The van der Waals surface area contributed by atoms with Gasteiger partial charge in [-0.25, -0.2) is 8.78 Å². The van der Waals surface area contributed by atoms with Gasteiger partial charge in [-0.3, -0.25) is 9.69 Å². The largest absolute Gasteiger partial charge is 0.379 e. The first-order valence-electron chi connectivity index (χ1n) is 8.20. The lowest BCUT2D eigenvalue weighted by Gasteiger charge is -2.29. The number of amides is 1. The van der Waals surface area contributed by atoms with Crippen molar-refractivity contribution in [3.8, 4) is 6.07 Å². The summed E-state index contributed by atoms with van der Waals surface area (Å²) in [6.45, 7) is 4.33. The topological polar surface area (TPSA) is 56.6 Å². The van der Waals surface area contributed by atoms with Crippen molar-refractivity contribution in [1.82, 2.24) is 9.80 Å². The fraction of sp³-hybridized carbons (Fsp3) is 0.444. The van der Waals surface area contributed by atoms with Gasteiger partial charge in [-0.15, -0.1) is 0 Å². The molecule has 1 amide bonds. The molecule has 0 spiro atoms. The zero-order chi connectivity index (χ0) is 18.1. The molecular formula is C18H21F2N3O2. The van der Waals surface area contributed by atoms with Crippen molar-refractivity contribution in [3.05, 3.63) is 41.5 Å². The maximum Gasteiger partial charge on any atom is 0.246 e. The molecule has 0 atom stereocenters. The summed E-state index contributed by atoms with van der Waals surface area (Å²) in [5.41, 5.74) is -0.246. The van der Waals surface area contributed by atoms with Gasteiger partial charge in [0.15, 0.2) is 0 Å². The highest BCUT2D eigenvalue weighted by Gasteiger charge is 2.15.